The third kappa shape index (κ3) is 5.22. The molecule has 0 fully saturated rings. The van der Waals surface area contributed by atoms with Crippen LogP contribution in [0.2, 0.25) is 0 Å². The molecule has 0 aliphatic rings. The molecule has 0 unspecified atom stereocenters. The highest BCUT2D eigenvalue weighted by Gasteiger charge is 2.13. The second-order valence-electron chi connectivity index (χ2n) is 6.89. The summed E-state index contributed by atoms with van der Waals surface area (Å²) in [6.07, 6.45) is 3.13. The van der Waals surface area contributed by atoms with Crippen molar-refractivity contribution in [1.82, 2.24) is 20.6 Å². The minimum atomic E-state index is -0.399. The summed E-state index contributed by atoms with van der Waals surface area (Å²) in [4.78, 5) is 16.5. The lowest BCUT2D eigenvalue weighted by molar-refractivity contribution is 0.0950. The summed E-state index contributed by atoms with van der Waals surface area (Å²) in [6.45, 7) is 2.49. The Hall–Kier alpha value is -4.26. The van der Waals surface area contributed by atoms with Crippen molar-refractivity contribution in [2.45, 2.75) is 13.5 Å². The number of rotatable bonds is 7. The van der Waals surface area contributed by atoms with E-state index in [1.165, 1.54) is 11.8 Å². The van der Waals surface area contributed by atoms with Gasteiger partial charge in [0.25, 0.3) is 5.91 Å². The molecule has 0 aliphatic carbocycles. The molecule has 0 atom stereocenters. The van der Waals surface area contributed by atoms with Crippen LogP contribution in [0.1, 0.15) is 27.3 Å². The smallest absolute Gasteiger partial charge is 0.289 e. The normalized spacial score (nSPS) is 10.9. The number of hydrazone groups is 1. The molecule has 0 radical (unpaired) electrons. The van der Waals surface area contributed by atoms with Crippen LogP contribution < -0.4 is 10.2 Å². The molecule has 31 heavy (non-hydrogen) atoms. The minimum absolute atomic E-state index is 0.293. The van der Waals surface area contributed by atoms with E-state index in [-0.39, 0.29) is 0 Å². The molecule has 4 rings (SSSR count). The Morgan fingerprint density at radius 2 is 1.90 bits per heavy atom. The maximum absolute atomic E-state index is 12.4. The number of aromatic amines is 1. The number of para-hydroxylation sites is 1. The van der Waals surface area contributed by atoms with Crippen LogP contribution in [0.15, 0.2) is 84.1 Å². The van der Waals surface area contributed by atoms with E-state index in [1.807, 2.05) is 48.5 Å². The zero-order valence-corrected chi connectivity index (χ0v) is 16.9. The Balaban J connectivity index is 1.44. The summed E-state index contributed by atoms with van der Waals surface area (Å²) in [5.74, 6) is 0.290. The molecule has 7 heteroatoms. The molecule has 0 saturated heterocycles. The highest BCUT2D eigenvalue weighted by atomic mass is 16.5. The number of ether oxygens (including phenoxy) is 1. The summed E-state index contributed by atoms with van der Waals surface area (Å²) in [6, 6.07) is 22.9. The van der Waals surface area contributed by atoms with Crippen molar-refractivity contribution in [3.63, 3.8) is 0 Å². The number of hydrogen-bond donors (Lipinski definition) is 2. The lowest BCUT2D eigenvalue weighted by Gasteiger charge is -2.10. The monoisotopic (exact) mass is 411 g/mol. The van der Waals surface area contributed by atoms with E-state index in [0.29, 0.717) is 29.4 Å². The molecule has 7 nitrogen and oxygen atoms in total. The number of aromatic nitrogens is 3. The van der Waals surface area contributed by atoms with E-state index in [2.05, 4.69) is 44.8 Å². The van der Waals surface area contributed by atoms with Crippen LogP contribution in [-0.4, -0.2) is 27.3 Å². The van der Waals surface area contributed by atoms with Crippen LogP contribution >= 0.6 is 0 Å². The number of aryl methyl sites for hydroxylation is 1. The Morgan fingerprint density at radius 3 is 2.71 bits per heavy atom. The lowest BCUT2D eigenvalue weighted by Crippen LogP contribution is -2.18. The van der Waals surface area contributed by atoms with Crippen LogP contribution in [0.4, 0.5) is 0 Å². The van der Waals surface area contributed by atoms with Gasteiger partial charge in [0.05, 0.1) is 17.6 Å². The fraction of sp³-hybridized carbons (Fsp3) is 0.0833. The number of hydrogen-bond acceptors (Lipinski definition) is 5. The van der Waals surface area contributed by atoms with Crippen molar-refractivity contribution < 1.29 is 9.53 Å². The first kappa shape index (κ1) is 20.0. The average Bonchev–Trinajstić information content (AvgIpc) is 3.30. The van der Waals surface area contributed by atoms with E-state index in [1.54, 1.807) is 18.3 Å². The highest BCUT2D eigenvalue weighted by molar-refractivity contribution is 5.94. The Labute approximate surface area is 179 Å². The lowest BCUT2D eigenvalue weighted by atomic mass is 10.1. The van der Waals surface area contributed by atoms with E-state index < -0.39 is 5.91 Å². The first-order valence-corrected chi connectivity index (χ1v) is 9.76. The van der Waals surface area contributed by atoms with E-state index in [9.17, 15) is 4.79 Å². The average molecular weight is 411 g/mol. The van der Waals surface area contributed by atoms with E-state index in [0.717, 1.165) is 11.1 Å². The maximum Gasteiger partial charge on any atom is 0.289 e. The predicted molar refractivity (Wildman–Crippen MR) is 119 cm³/mol. The zero-order valence-electron chi connectivity index (χ0n) is 16.9. The third-order valence-electron chi connectivity index (χ3n) is 4.55. The van der Waals surface area contributed by atoms with Crippen LogP contribution in [0.25, 0.3) is 11.3 Å². The standard InChI is InChI=1S/C24H21N5O2/c1-17-9-11-18(12-10-17)16-31-23-8-3-2-7-20(23)21-14-22(28-27-21)24(30)29-26-15-19-6-4-5-13-25-19/h2-15H,16H2,1H3,(H,27,28)(H,29,30)/b26-15-. The molecule has 0 spiro atoms. The molecule has 2 aromatic heterocycles. The van der Waals surface area contributed by atoms with Gasteiger partial charge in [-0.3, -0.25) is 14.9 Å². The van der Waals surface area contributed by atoms with Crippen molar-refractivity contribution >= 4 is 12.1 Å². The number of carbonyl (C=O) groups excluding carboxylic acids is 1. The highest BCUT2D eigenvalue weighted by Crippen LogP contribution is 2.29. The second kappa shape index (κ2) is 9.49. The molecule has 2 N–H and O–H groups in total. The summed E-state index contributed by atoms with van der Waals surface area (Å²) < 4.78 is 6.02. The summed E-state index contributed by atoms with van der Waals surface area (Å²) in [5, 5.41) is 11.0. The van der Waals surface area contributed by atoms with Gasteiger partial charge in [-0.1, -0.05) is 48.0 Å². The number of nitrogens with zero attached hydrogens (tertiary/aromatic N) is 3. The fourth-order valence-corrected chi connectivity index (χ4v) is 2.90. The quantitative estimate of drug-likeness (QED) is 0.353. The minimum Gasteiger partial charge on any atom is -0.488 e. The molecule has 0 aliphatic heterocycles. The molecular weight excluding hydrogens is 390 g/mol. The van der Waals surface area contributed by atoms with E-state index >= 15 is 0 Å². The van der Waals surface area contributed by atoms with Crippen molar-refractivity contribution in [3.05, 3.63) is 102 Å². The maximum atomic E-state index is 12.4. The molecule has 0 saturated carbocycles. The van der Waals surface area contributed by atoms with Crippen LogP contribution in [0.5, 0.6) is 5.75 Å². The topological polar surface area (TPSA) is 92.3 Å². The number of pyridine rings is 1. The van der Waals surface area contributed by atoms with Gasteiger partial charge >= 0.3 is 0 Å². The number of nitrogens with one attached hydrogen (secondary N) is 2. The predicted octanol–water partition coefficient (Wildman–Crippen LogP) is 4.12. The van der Waals surface area contributed by atoms with Crippen molar-refractivity contribution in [2.24, 2.45) is 5.10 Å². The van der Waals surface area contributed by atoms with Gasteiger partial charge in [0, 0.05) is 11.8 Å². The molecular formula is C24H21N5O2. The molecule has 2 aromatic carbocycles. The van der Waals surface area contributed by atoms with Gasteiger partial charge in [-0.05, 0) is 42.8 Å². The van der Waals surface area contributed by atoms with Crippen LogP contribution in [-0.2, 0) is 6.61 Å². The van der Waals surface area contributed by atoms with Gasteiger partial charge in [0.1, 0.15) is 18.1 Å². The van der Waals surface area contributed by atoms with Crippen LogP contribution in [0, 0.1) is 6.92 Å². The first-order valence-electron chi connectivity index (χ1n) is 9.76. The Bertz CT molecular complexity index is 1180. The van der Waals surface area contributed by atoms with Gasteiger partial charge < -0.3 is 4.74 Å². The Kier molecular flexibility index (Phi) is 6.13. The molecule has 154 valence electrons. The second-order valence-corrected chi connectivity index (χ2v) is 6.89. The summed E-state index contributed by atoms with van der Waals surface area (Å²) >= 11 is 0. The number of benzene rings is 2. The zero-order chi connectivity index (χ0) is 21.5. The number of H-pyrrole nitrogens is 1. The fourth-order valence-electron chi connectivity index (χ4n) is 2.90. The largest absolute Gasteiger partial charge is 0.488 e. The Morgan fingerprint density at radius 1 is 1.10 bits per heavy atom. The SMILES string of the molecule is Cc1ccc(COc2ccccc2-c2cc(C(=O)N/N=C\c3ccccn3)[nH]n2)cc1. The van der Waals surface area contributed by atoms with Gasteiger partial charge in [0.15, 0.2) is 0 Å². The summed E-state index contributed by atoms with van der Waals surface area (Å²) in [7, 11) is 0. The van der Waals surface area contributed by atoms with Gasteiger partial charge in [0.2, 0.25) is 0 Å². The molecule has 2 heterocycles. The van der Waals surface area contributed by atoms with Crippen molar-refractivity contribution in [2.75, 3.05) is 0 Å². The summed E-state index contributed by atoms with van der Waals surface area (Å²) in [5.41, 5.74) is 7.09. The van der Waals surface area contributed by atoms with Crippen LogP contribution in [0.3, 0.4) is 0 Å². The number of carbonyl (C=O) groups is 1. The molecule has 0 bridgehead atoms. The van der Waals surface area contributed by atoms with E-state index in [4.69, 9.17) is 4.74 Å². The first-order chi connectivity index (χ1) is 15.2. The van der Waals surface area contributed by atoms with Gasteiger partial charge in [-0.2, -0.15) is 10.2 Å². The molecule has 4 aromatic rings. The number of amides is 1. The third-order valence-corrected chi connectivity index (χ3v) is 4.55. The van der Waals surface area contributed by atoms with Gasteiger partial charge in [-0.25, -0.2) is 5.43 Å². The molecule has 1 amide bonds. The van der Waals surface area contributed by atoms with Gasteiger partial charge in [-0.15, -0.1) is 0 Å². The van der Waals surface area contributed by atoms with Crippen molar-refractivity contribution in [1.29, 1.82) is 0 Å². The van der Waals surface area contributed by atoms with Crippen molar-refractivity contribution in [3.8, 4) is 17.0 Å².